The van der Waals surface area contributed by atoms with Gasteiger partial charge in [0.05, 0.1) is 27.8 Å². The molecule has 0 N–H and O–H groups in total. The lowest BCUT2D eigenvalue weighted by atomic mass is 9.85. The third-order valence-electron chi connectivity index (χ3n) is 11.7. The molecule has 9 aromatic carbocycles. The van der Waals surface area contributed by atoms with E-state index in [0.717, 1.165) is 49.9 Å². The van der Waals surface area contributed by atoms with Crippen LogP contribution < -0.4 is 0 Å². The van der Waals surface area contributed by atoms with Crippen molar-refractivity contribution in [1.82, 2.24) is 9.13 Å². The van der Waals surface area contributed by atoms with Crippen molar-refractivity contribution >= 4 is 65.6 Å². The molecule has 0 unspecified atom stereocenters. The molecule has 0 bridgehead atoms. The van der Waals surface area contributed by atoms with Crippen molar-refractivity contribution in [3.8, 4) is 44.8 Å². The molecule has 0 saturated heterocycles. The summed E-state index contributed by atoms with van der Waals surface area (Å²) in [7, 11) is 0. The minimum Gasteiger partial charge on any atom is -0.454 e. The summed E-state index contributed by atoms with van der Waals surface area (Å²) in [4.78, 5) is 0. The fourth-order valence-corrected chi connectivity index (χ4v) is 9.34. The van der Waals surface area contributed by atoms with Gasteiger partial charge in [-0.15, -0.1) is 0 Å². The number of furan rings is 1. The molecule has 0 aliphatic carbocycles. The lowest BCUT2D eigenvalue weighted by Crippen LogP contribution is -1.94. The second-order valence-electron chi connectivity index (χ2n) is 14.8. The Kier molecular flexibility index (Phi) is 6.93. The number of para-hydroxylation sites is 5. The monoisotopic (exact) mass is 726 g/mol. The van der Waals surface area contributed by atoms with Crippen LogP contribution in [-0.4, -0.2) is 9.13 Å². The van der Waals surface area contributed by atoms with Gasteiger partial charge in [0.25, 0.3) is 0 Å². The van der Waals surface area contributed by atoms with Gasteiger partial charge in [-0.1, -0.05) is 152 Å². The normalized spacial score (nSPS) is 11.9. The quantitative estimate of drug-likeness (QED) is 0.173. The molecule has 0 aliphatic heterocycles. The largest absolute Gasteiger partial charge is 0.454 e. The highest BCUT2D eigenvalue weighted by Gasteiger charge is 2.23. The second kappa shape index (κ2) is 12.5. The van der Waals surface area contributed by atoms with Gasteiger partial charge in [0, 0.05) is 38.0 Å². The van der Waals surface area contributed by atoms with Crippen LogP contribution in [0.1, 0.15) is 0 Å². The maximum Gasteiger partial charge on any atom is 0.159 e. The number of benzene rings is 9. The second-order valence-corrected chi connectivity index (χ2v) is 14.8. The van der Waals surface area contributed by atoms with Crippen LogP contribution in [0.4, 0.5) is 0 Å². The van der Waals surface area contributed by atoms with Crippen LogP contribution in [-0.2, 0) is 0 Å². The fraction of sp³-hybridized carbons (Fsp3) is 0. The molecular formula is C54H34N2O. The Balaban J connectivity index is 1.14. The summed E-state index contributed by atoms with van der Waals surface area (Å²) >= 11 is 0. The fourth-order valence-electron chi connectivity index (χ4n) is 9.34. The van der Waals surface area contributed by atoms with Crippen molar-refractivity contribution in [3.63, 3.8) is 0 Å². The highest BCUT2D eigenvalue weighted by Crippen LogP contribution is 2.47. The molecule has 0 aliphatic rings. The minimum atomic E-state index is 0.867. The first-order chi connectivity index (χ1) is 28.3. The zero-order valence-electron chi connectivity index (χ0n) is 30.9. The number of fused-ring (bicyclic) bond motifs is 9. The number of hydrogen-bond donors (Lipinski definition) is 0. The van der Waals surface area contributed by atoms with Crippen molar-refractivity contribution in [2.24, 2.45) is 0 Å². The highest BCUT2D eigenvalue weighted by atomic mass is 16.3. The molecule has 0 spiro atoms. The van der Waals surface area contributed by atoms with E-state index in [1.165, 1.54) is 60.4 Å². The molecule has 0 saturated carbocycles. The summed E-state index contributed by atoms with van der Waals surface area (Å²) in [5, 5.41) is 7.13. The van der Waals surface area contributed by atoms with E-state index < -0.39 is 0 Å². The van der Waals surface area contributed by atoms with Crippen LogP contribution in [0.5, 0.6) is 0 Å². The smallest absolute Gasteiger partial charge is 0.159 e. The van der Waals surface area contributed by atoms with Gasteiger partial charge in [-0.2, -0.15) is 0 Å². The summed E-state index contributed by atoms with van der Waals surface area (Å²) in [6.07, 6.45) is 0. The van der Waals surface area contributed by atoms with Crippen LogP contribution in [0.3, 0.4) is 0 Å². The average molecular weight is 727 g/mol. The van der Waals surface area contributed by atoms with E-state index in [2.05, 4.69) is 215 Å². The summed E-state index contributed by atoms with van der Waals surface area (Å²) in [5.41, 5.74) is 15.7. The van der Waals surface area contributed by atoms with Crippen LogP contribution in [0.25, 0.3) is 110 Å². The van der Waals surface area contributed by atoms with Crippen molar-refractivity contribution in [2.75, 3.05) is 0 Å². The van der Waals surface area contributed by atoms with Crippen molar-refractivity contribution in [1.29, 1.82) is 0 Å². The highest BCUT2D eigenvalue weighted by molar-refractivity contribution is 6.18. The zero-order valence-corrected chi connectivity index (χ0v) is 30.9. The van der Waals surface area contributed by atoms with Gasteiger partial charge in [0.2, 0.25) is 0 Å². The first-order valence-electron chi connectivity index (χ1n) is 19.5. The lowest BCUT2D eigenvalue weighted by molar-refractivity contribution is 0.666. The predicted molar refractivity (Wildman–Crippen MR) is 239 cm³/mol. The molecule has 0 atom stereocenters. The number of aromatic nitrogens is 2. The van der Waals surface area contributed by atoms with Gasteiger partial charge >= 0.3 is 0 Å². The molecule has 0 amide bonds. The number of hydrogen-bond acceptors (Lipinski definition) is 1. The maximum atomic E-state index is 6.99. The SMILES string of the molecule is c1ccc(-c2cccc(-c3ccc4c(c3)c3ccccc3n4-c3ccccc3)c2-c2cccc3oc4c(-n5c6ccccc6c6ccccc65)cccc4c23)cc1. The lowest BCUT2D eigenvalue weighted by Gasteiger charge is -2.17. The summed E-state index contributed by atoms with van der Waals surface area (Å²) in [6.45, 7) is 0. The number of nitrogens with zero attached hydrogens (tertiary/aromatic N) is 2. The molecular weight excluding hydrogens is 693 g/mol. The minimum absolute atomic E-state index is 0.867. The molecule has 57 heavy (non-hydrogen) atoms. The van der Waals surface area contributed by atoms with Crippen LogP contribution in [0.15, 0.2) is 211 Å². The van der Waals surface area contributed by atoms with Gasteiger partial charge in [0.15, 0.2) is 5.58 Å². The van der Waals surface area contributed by atoms with Crippen molar-refractivity contribution in [2.45, 2.75) is 0 Å². The molecule has 12 aromatic rings. The van der Waals surface area contributed by atoms with Gasteiger partial charge in [-0.25, -0.2) is 0 Å². The Morgan fingerprint density at radius 3 is 1.58 bits per heavy atom. The van der Waals surface area contributed by atoms with E-state index in [4.69, 9.17) is 4.42 Å². The van der Waals surface area contributed by atoms with Crippen LogP contribution in [0, 0.1) is 0 Å². The Labute approximate surface area is 328 Å². The maximum absolute atomic E-state index is 6.99. The van der Waals surface area contributed by atoms with Crippen molar-refractivity contribution < 1.29 is 4.42 Å². The third kappa shape index (κ3) is 4.73. The Morgan fingerprint density at radius 2 is 0.860 bits per heavy atom. The van der Waals surface area contributed by atoms with Gasteiger partial charge in [0.1, 0.15) is 5.58 Å². The van der Waals surface area contributed by atoms with Crippen LogP contribution in [0.2, 0.25) is 0 Å². The molecule has 266 valence electrons. The van der Waals surface area contributed by atoms with E-state index in [1.807, 2.05) is 0 Å². The van der Waals surface area contributed by atoms with E-state index in [1.54, 1.807) is 0 Å². The molecule has 3 nitrogen and oxygen atoms in total. The van der Waals surface area contributed by atoms with E-state index >= 15 is 0 Å². The predicted octanol–water partition coefficient (Wildman–Crippen LogP) is 14.8. The summed E-state index contributed by atoms with van der Waals surface area (Å²) < 4.78 is 11.7. The Morgan fingerprint density at radius 1 is 0.333 bits per heavy atom. The van der Waals surface area contributed by atoms with Crippen molar-refractivity contribution in [3.05, 3.63) is 206 Å². The zero-order chi connectivity index (χ0) is 37.5. The van der Waals surface area contributed by atoms with E-state index in [0.29, 0.717) is 0 Å². The molecule has 12 rings (SSSR count). The van der Waals surface area contributed by atoms with E-state index in [9.17, 15) is 0 Å². The molecule has 0 fully saturated rings. The first kappa shape index (κ1) is 31.7. The number of rotatable bonds is 5. The summed E-state index contributed by atoms with van der Waals surface area (Å²) in [6, 6.07) is 74.3. The van der Waals surface area contributed by atoms with Crippen LogP contribution >= 0.6 is 0 Å². The average Bonchev–Trinajstić information content (AvgIpc) is 3.94. The molecule has 0 radical (unpaired) electrons. The van der Waals surface area contributed by atoms with E-state index in [-0.39, 0.29) is 0 Å². The molecule has 3 heteroatoms. The van der Waals surface area contributed by atoms with Gasteiger partial charge in [-0.05, 0) is 88.0 Å². The topological polar surface area (TPSA) is 23.0 Å². The summed E-state index contributed by atoms with van der Waals surface area (Å²) in [5.74, 6) is 0. The van der Waals surface area contributed by atoms with Gasteiger partial charge < -0.3 is 13.6 Å². The Hall–Kier alpha value is -7.62. The van der Waals surface area contributed by atoms with Gasteiger partial charge in [-0.3, -0.25) is 0 Å². The Bertz CT molecular complexity index is 3460. The molecule has 3 aromatic heterocycles. The standard InChI is InChI=1S/C54H34N2O/c1-3-16-35(17-4-1)38-23-13-24-39(36-32-33-49-45(34-36)42-22-9-10-27-46(42)55(49)37-18-5-2-6-19-37)52(38)43-25-15-31-51-53(43)44-26-14-30-50(54(44)57-51)56-47-28-11-7-20-40(47)41-21-8-12-29-48(41)56/h1-34H. The first-order valence-corrected chi connectivity index (χ1v) is 19.5. The molecule has 3 heterocycles. The third-order valence-corrected chi connectivity index (χ3v) is 11.7.